The van der Waals surface area contributed by atoms with Crippen molar-refractivity contribution < 1.29 is 22.2 Å². The van der Waals surface area contributed by atoms with Crippen LogP contribution in [0.15, 0.2) is 78.9 Å². The summed E-state index contributed by atoms with van der Waals surface area (Å²) in [5.74, 6) is 0.322. The summed E-state index contributed by atoms with van der Waals surface area (Å²) >= 11 is 0. The number of phenols is 1. The van der Waals surface area contributed by atoms with Crippen molar-refractivity contribution in [3.8, 4) is 5.75 Å². The molecule has 0 saturated heterocycles. The van der Waals surface area contributed by atoms with Crippen molar-refractivity contribution >= 4 is 46.4 Å². The second-order valence-corrected chi connectivity index (χ2v) is 7.24. The summed E-state index contributed by atoms with van der Waals surface area (Å²) in [6.45, 7) is 0. The summed E-state index contributed by atoms with van der Waals surface area (Å²) in [5.41, 5.74) is 7.86. The third-order valence-corrected chi connectivity index (χ3v) is 4.80. The molecule has 2 aliphatic rings. The molecule has 32 heavy (non-hydrogen) atoms. The number of hydrogen-bond acceptors (Lipinski definition) is 3. The molecule has 1 aromatic carbocycles. The third-order valence-electron chi connectivity index (χ3n) is 4.80. The molecule has 0 spiro atoms. The predicted molar refractivity (Wildman–Crippen MR) is 127 cm³/mol. The topological polar surface area (TPSA) is 77.6 Å². The van der Waals surface area contributed by atoms with Crippen LogP contribution in [0.3, 0.4) is 0 Å². The number of fused-ring (bicyclic) bond motifs is 8. The second-order valence-electron chi connectivity index (χ2n) is 7.24. The number of aromatic amines is 2. The zero-order valence-corrected chi connectivity index (χ0v) is 18.1. The molecule has 0 radical (unpaired) electrons. The summed E-state index contributed by atoms with van der Waals surface area (Å²) in [5, 5.41) is 8.63. The maximum atomic E-state index is 8.63. The minimum absolute atomic E-state index is 0. The molecule has 5 heterocycles. The summed E-state index contributed by atoms with van der Waals surface area (Å²) in [6, 6.07) is 25.1. The molecule has 0 atom stereocenters. The number of para-hydroxylation sites is 1. The molecule has 6 heteroatoms. The summed E-state index contributed by atoms with van der Waals surface area (Å²) < 4.78 is 0. The Balaban J connectivity index is 0.000000265. The van der Waals surface area contributed by atoms with Crippen LogP contribution in [0.5, 0.6) is 5.75 Å². The van der Waals surface area contributed by atoms with Crippen LogP contribution < -0.4 is 0 Å². The second kappa shape index (κ2) is 9.52. The standard InChI is InChI=1S/C20H14N4.C6H6O.Fe/c1-2-14-10-16-5-6-18(23-16)12-20-8-7-19(24-20)11-17-4-3-15(22-17)9-13(1)21-14;7-6-4-2-1-3-5-6;/h1-12,21,24H;1-5,7H;. The van der Waals surface area contributed by atoms with Crippen molar-refractivity contribution in [1.82, 2.24) is 19.9 Å². The Kier molecular flexibility index (Phi) is 6.36. The molecule has 158 valence electrons. The van der Waals surface area contributed by atoms with Gasteiger partial charge in [-0.25, -0.2) is 9.97 Å². The van der Waals surface area contributed by atoms with Gasteiger partial charge >= 0.3 is 0 Å². The predicted octanol–water partition coefficient (Wildman–Crippen LogP) is 6.05. The molecule has 5 nitrogen and oxygen atoms in total. The fourth-order valence-electron chi connectivity index (χ4n) is 3.37. The van der Waals surface area contributed by atoms with Crippen molar-refractivity contribution in [2.24, 2.45) is 0 Å². The Bertz CT molecular complexity index is 1270. The maximum Gasteiger partial charge on any atom is 0.115 e. The molecular weight excluding hydrogens is 440 g/mol. The summed E-state index contributed by atoms with van der Waals surface area (Å²) in [6.07, 6.45) is 8.09. The van der Waals surface area contributed by atoms with Gasteiger partial charge in [0.2, 0.25) is 0 Å². The van der Waals surface area contributed by atoms with Crippen LogP contribution >= 0.6 is 0 Å². The first-order valence-corrected chi connectivity index (χ1v) is 9.98. The van der Waals surface area contributed by atoms with Gasteiger partial charge in [-0.15, -0.1) is 0 Å². The molecule has 0 fully saturated rings. The van der Waals surface area contributed by atoms with Gasteiger partial charge in [-0.1, -0.05) is 18.2 Å². The van der Waals surface area contributed by atoms with E-state index in [1.54, 1.807) is 24.3 Å². The SMILES string of the molecule is C1=Cc2cc3ccc(cc4nc(cc5ccc(cc1n2)[nH]5)C=C4)[nH]3.Oc1ccccc1.[Fe]. The van der Waals surface area contributed by atoms with Crippen LogP contribution in [0.1, 0.15) is 22.8 Å². The van der Waals surface area contributed by atoms with E-state index in [-0.39, 0.29) is 17.1 Å². The number of aromatic nitrogens is 4. The van der Waals surface area contributed by atoms with E-state index >= 15 is 0 Å². The zero-order chi connectivity index (χ0) is 21.0. The van der Waals surface area contributed by atoms with Crippen LogP contribution in [-0.4, -0.2) is 25.0 Å². The van der Waals surface area contributed by atoms with Gasteiger partial charge in [-0.2, -0.15) is 0 Å². The Morgan fingerprint density at radius 2 is 0.844 bits per heavy atom. The van der Waals surface area contributed by atoms with Crippen LogP contribution in [-0.2, 0) is 17.1 Å². The van der Waals surface area contributed by atoms with Crippen molar-refractivity contribution in [1.29, 1.82) is 0 Å². The fourth-order valence-corrected chi connectivity index (χ4v) is 3.37. The van der Waals surface area contributed by atoms with Crippen molar-refractivity contribution in [3.05, 3.63) is 102 Å². The van der Waals surface area contributed by atoms with Crippen LogP contribution in [0, 0.1) is 0 Å². The van der Waals surface area contributed by atoms with Gasteiger partial charge in [0.15, 0.2) is 0 Å². The smallest absolute Gasteiger partial charge is 0.115 e. The van der Waals surface area contributed by atoms with Gasteiger partial charge in [-0.3, -0.25) is 0 Å². The van der Waals surface area contributed by atoms with Gasteiger partial charge < -0.3 is 15.1 Å². The molecule has 4 aromatic rings. The quantitative estimate of drug-likeness (QED) is 0.242. The first kappa shape index (κ1) is 21.4. The summed E-state index contributed by atoms with van der Waals surface area (Å²) in [4.78, 5) is 16.0. The van der Waals surface area contributed by atoms with Crippen molar-refractivity contribution in [3.63, 3.8) is 0 Å². The van der Waals surface area contributed by atoms with E-state index in [0.717, 1.165) is 44.8 Å². The molecule has 0 unspecified atom stereocenters. The Morgan fingerprint density at radius 1 is 0.500 bits per heavy atom. The number of nitrogens with one attached hydrogen (secondary N) is 2. The van der Waals surface area contributed by atoms with E-state index < -0.39 is 0 Å². The summed E-state index contributed by atoms with van der Waals surface area (Å²) in [7, 11) is 0. The number of H-pyrrole nitrogens is 2. The van der Waals surface area contributed by atoms with E-state index in [9.17, 15) is 0 Å². The van der Waals surface area contributed by atoms with Crippen LogP contribution in [0.25, 0.3) is 46.4 Å². The van der Waals surface area contributed by atoms with E-state index in [1.807, 2.05) is 54.6 Å². The molecule has 0 aliphatic carbocycles. The first-order valence-electron chi connectivity index (χ1n) is 9.98. The van der Waals surface area contributed by atoms with Crippen molar-refractivity contribution in [2.45, 2.75) is 0 Å². The molecule has 6 rings (SSSR count). The van der Waals surface area contributed by atoms with Gasteiger partial charge in [0, 0.05) is 39.1 Å². The Labute approximate surface area is 195 Å². The average molecular weight is 460 g/mol. The van der Waals surface area contributed by atoms with Crippen LogP contribution in [0.4, 0.5) is 0 Å². The van der Waals surface area contributed by atoms with E-state index in [1.165, 1.54) is 0 Å². The number of hydrogen-bond donors (Lipinski definition) is 3. The van der Waals surface area contributed by atoms with Crippen LogP contribution in [0.2, 0.25) is 0 Å². The molecule has 0 amide bonds. The van der Waals surface area contributed by atoms with E-state index in [4.69, 9.17) is 5.11 Å². The number of phenolic OH excluding ortho intramolecular Hbond substituents is 1. The number of benzene rings is 1. The van der Waals surface area contributed by atoms with Crippen molar-refractivity contribution in [2.75, 3.05) is 0 Å². The molecule has 3 N–H and O–H groups in total. The zero-order valence-electron chi connectivity index (χ0n) is 17.0. The first-order chi connectivity index (χ1) is 15.2. The molecule has 3 aromatic heterocycles. The minimum Gasteiger partial charge on any atom is -0.508 e. The van der Waals surface area contributed by atoms with E-state index in [2.05, 4.69) is 44.2 Å². The van der Waals surface area contributed by atoms with Gasteiger partial charge in [0.05, 0.1) is 22.8 Å². The Morgan fingerprint density at radius 3 is 1.12 bits per heavy atom. The van der Waals surface area contributed by atoms with Gasteiger partial charge in [0.25, 0.3) is 0 Å². The monoisotopic (exact) mass is 460 g/mol. The largest absolute Gasteiger partial charge is 0.508 e. The number of rotatable bonds is 0. The minimum atomic E-state index is 0. The fraction of sp³-hybridized carbons (Fsp3) is 0. The normalized spacial score (nSPS) is 11.4. The van der Waals surface area contributed by atoms with Gasteiger partial charge in [0.1, 0.15) is 5.75 Å². The Hall–Kier alpha value is -3.86. The average Bonchev–Trinajstić information content (AvgIpc) is 3.55. The number of nitrogens with zero attached hydrogens (tertiary/aromatic N) is 2. The maximum absolute atomic E-state index is 8.63. The molecule has 2 aliphatic heterocycles. The molecular formula is C26H20FeN4O. The van der Waals surface area contributed by atoms with E-state index in [0.29, 0.717) is 5.75 Å². The third kappa shape index (κ3) is 5.24. The van der Waals surface area contributed by atoms with Gasteiger partial charge in [-0.05, 0) is 85.0 Å². The molecule has 8 bridgehead atoms. The molecule has 0 saturated carbocycles. The number of aromatic hydroxyl groups is 1.